The van der Waals surface area contributed by atoms with E-state index in [0.717, 1.165) is 25.7 Å². The predicted octanol–water partition coefficient (Wildman–Crippen LogP) is 2.66. The normalized spacial score (nSPS) is 19.1. The van der Waals surface area contributed by atoms with E-state index in [9.17, 15) is 9.59 Å². The Morgan fingerprint density at radius 1 is 0.792 bits per heavy atom. The molecular weight excluding hydrogens is 312 g/mol. The van der Waals surface area contributed by atoms with Gasteiger partial charge in [-0.15, -0.1) is 13.2 Å². The molecule has 0 amide bonds. The van der Waals surface area contributed by atoms with E-state index in [1.807, 2.05) is 0 Å². The Morgan fingerprint density at radius 3 is 1.21 bits per heavy atom. The van der Waals surface area contributed by atoms with E-state index in [2.05, 4.69) is 13.2 Å². The van der Waals surface area contributed by atoms with Gasteiger partial charge in [0.2, 0.25) is 0 Å². The maximum Gasteiger partial charge on any atom is 0.335 e. The fourth-order valence-electron chi connectivity index (χ4n) is 2.35. The van der Waals surface area contributed by atoms with Crippen LogP contribution < -0.4 is 0 Å². The maximum absolute atomic E-state index is 10.3. The molecule has 1 saturated carbocycles. The number of aliphatic hydroxyl groups excluding tert-OH is 2. The van der Waals surface area contributed by atoms with Gasteiger partial charge in [0, 0.05) is 13.2 Å². The lowest BCUT2D eigenvalue weighted by molar-refractivity contribution is 0.0681. The van der Waals surface area contributed by atoms with Gasteiger partial charge in [-0.1, -0.05) is 0 Å². The zero-order valence-corrected chi connectivity index (χ0v) is 13.7. The summed E-state index contributed by atoms with van der Waals surface area (Å²) in [6.07, 6.45) is 4.40. The van der Waals surface area contributed by atoms with Gasteiger partial charge >= 0.3 is 11.9 Å². The van der Waals surface area contributed by atoms with Crippen molar-refractivity contribution in [3.8, 4) is 0 Å². The number of carboxylic acids is 2. The number of hydrogen-bond donors (Lipinski definition) is 4. The second-order valence-electron chi connectivity index (χ2n) is 5.44. The van der Waals surface area contributed by atoms with E-state index >= 15 is 0 Å². The highest BCUT2D eigenvalue weighted by molar-refractivity contribution is 5.91. The highest BCUT2D eigenvalue weighted by Crippen LogP contribution is 2.27. The molecule has 134 valence electrons. The zero-order chi connectivity index (χ0) is 18.5. The summed E-state index contributed by atoms with van der Waals surface area (Å²) in [6.45, 7) is 6.66. The summed E-state index contributed by atoms with van der Waals surface area (Å²) in [5, 5.41) is 34.5. The number of aliphatic hydroxyl groups is 2. The Balaban J connectivity index is 0.000000405. The Hall–Kier alpha value is -2.18. The first-order valence-corrected chi connectivity index (χ1v) is 7.76. The van der Waals surface area contributed by atoms with Crippen LogP contribution in [0.4, 0.5) is 0 Å². The molecule has 0 saturated heterocycles. The van der Waals surface area contributed by atoms with Crippen LogP contribution >= 0.6 is 0 Å². The summed E-state index contributed by atoms with van der Waals surface area (Å²) < 4.78 is 0. The fourth-order valence-corrected chi connectivity index (χ4v) is 2.35. The summed E-state index contributed by atoms with van der Waals surface area (Å²) >= 11 is 0. The van der Waals surface area contributed by atoms with E-state index in [0.29, 0.717) is 25.0 Å². The van der Waals surface area contributed by atoms with E-state index in [-0.39, 0.29) is 11.1 Å². The monoisotopic (exact) mass is 338 g/mol. The first-order valence-electron chi connectivity index (χ1n) is 7.76. The number of hydrogen-bond acceptors (Lipinski definition) is 4. The van der Waals surface area contributed by atoms with Gasteiger partial charge in [0.25, 0.3) is 0 Å². The molecular formula is C18H26O6. The Labute approximate surface area is 142 Å². The highest BCUT2D eigenvalue weighted by Gasteiger charge is 2.19. The Bertz CT molecular complexity index is 444. The van der Waals surface area contributed by atoms with Gasteiger partial charge in [-0.05, 0) is 61.8 Å². The van der Waals surface area contributed by atoms with Crippen molar-refractivity contribution in [2.45, 2.75) is 25.7 Å². The molecule has 6 heteroatoms. The lowest BCUT2D eigenvalue weighted by Crippen LogP contribution is -2.19. The third-order valence-corrected chi connectivity index (χ3v) is 3.86. The molecule has 0 unspecified atom stereocenters. The van der Waals surface area contributed by atoms with Crippen LogP contribution in [0.25, 0.3) is 0 Å². The zero-order valence-electron chi connectivity index (χ0n) is 13.7. The Kier molecular flexibility index (Phi) is 11.2. The topological polar surface area (TPSA) is 115 Å². The number of rotatable bonds is 4. The second kappa shape index (κ2) is 12.3. The number of aromatic carboxylic acids is 2. The first-order chi connectivity index (χ1) is 11.5. The third kappa shape index (κ3) is 7.89. The molecule has 2 rings (SSSR count). The molecule has 1 aromatic carbocycles. The van der Waals surface area contributed by atoms with Gasteiger partial charge in [-0.25, -0.2) is 9.59 Å². The second-order valence-corrected chi connectivity index (χ2v) is 5.44. The molecule has 0 radical (unpaired) electrons. The lowest BCUT2D eigenvalue weighted by Gasteiger charge is -2.25. The third-order valence-electron chi connectivity index (χ3n) is 3.86. The molecule has 4 N–H and O–H groups in total. The SMILES string of the molecule is C=C.O=C(O)c1ccc(C(=O)O)cc1.OCC1CCC(CO)CC1. The molecule has 1 aliphatic rings. The largest absolute Gasteiger partial charge is 0.478 e. The standard InChI is InChI=1S/C8H6O4.C8H16O2.C2H4/c9-7(10)5-1-2-6(4-3-5)8(11)12;9-5-7-1-2-8(6-10)4-3-7;1-2/h1-4H,(H,9,10)(H,11,12);7-10H,1-6H2;1-2H2. The minimum Gasteiger partial charge on any atom is -0.478 e. The number of carbonyl (C=O) groups is 2. The lowest BCUT2D eigenvalue weighted by atomic mass is 9.83. The van der Waals surface area contributed by atoms with Crippen LogP contribution in [0.2, 0.25) is 0 Å². The maximum atomic E-state index is 10.3. The minimum absolute atomic E-state index is 0.0833. The van der Waals surface area contributed by atoms with Crippen LogP contribution in [0.5, 0.6) is 0 Å². The average molecular weight is 338 g/mol. The number of benzene rings is 1. The fraction of sp³-hybridized carbons (Fsp3) is 0.444. The van der Waals surface area contributed by atoms with Gasteiger partial charge < -0.3 is 20.4 Å². The molecule has 24 heavy (non-hydrogen) atoms. The Morgan fingerprint density at radius 2 is 1.04 bits per heavy atom. The quantitative estimate of drug-likeness (QED) is 0.627. The molecule has 0 aromatic heterocycles. The van der Waals surface area contributed by atoms with Crippen molar-refractivity contribution in [2.24, 2.45) is 11.8 Å². The number of carboxylic acid groups (broad SMARTS) is 2. The molecule has 1 fully saturated rings. The molecule has 0 bridgehead atoms. The van der Waals surface area contributed by atoms with Crippen molar-refractivity contribution in [3.05, 3.63) is 48.6 Å². The average Bonchev–Trinajstić information content (AvgIpc) is 2.64. The van der Waals surface area contributed by atoms with Crippen LogP contribution in [0.3, 0.4) is 0 Å². The summed E-state index contributed by atoms with van der Waals surface area (Å²) in [5.41, 5.74) is 0.167. The molecule has 0 heterocycles. The van der Waals surface area contributed by atoms with E-state index < -0.39 is 11.9 Å². The van der Waals surface area contributed by atoms with E-state index in [1.54, 1.807) is 0 Å². The van der Waals surface area contributed by atoms with Crippen LogP contribution in [0.15, 0.2) is 37.4 Å². The van der Waals surface area contributed by atoms with Gasteiger partial charge in [0.1, 0.15) is 0 Å². The van der Waals surface area contributed by atoms with Gasteiger partial charge in [0.15, 0.2) is 0 Å². The molecule has 6 nitrogen and oxygen atoms in total. The molecule has 0 aliphatic heterocycles. The van der Waals surface area contributed by atoms with Gasteiger partial charge in [0.05, 0.1) is 11.1 Å². The van der Waals surface area contributed by atoms with Crippen LogP contribution in [0.1, 0.15) is 46.4 Å². The predicted molar refractivity (Wildman–Crippen MR) is 91.2 cm³/mol. The van der Waals surface area contributed by atoms with E-state index in [4.69, 9.17) is 20.4 Å². The van der Waals surface area contributed by atoms with Crippen molar-refractivity contribution in [1.29, 1.82) is 0 Å². The van der Waals surface area contributed by atoms with Crippen molar-refractivity contribution in [1.82, 2.24) is 0 Å². The van der Waals surface area contributed by atoms with Crippen LogP contribution in [0, 0.1) is 11.8 Å². The molecule has 1 aliphatic carbocycles. The molecule has 1 aromatic rings. The van der Waals surface area contributed by atoms with Crippen LogP contribution in [-0.4, -0.2) is 45.6 Å². The van der Waals surface area contributed by atoms with Crippen molar-refractivity contribution < 1.29 is 30.0 Å². The summed E-state index contributed by atoms with van der Waals surface area (Å²) in [5.74, 6) is -1.09. The molecule has 0 spiro atoms. The summed E-state index contributed by atoms with van der Waals surface area (Å²) in [4.78, 5) is 20.7. The van der Waals surface area contributed by atoms with E-state index in [1.165, 1.54) is 24.3 Å². The van der Waals surface area contributed by atoms with Gasteiger partial charge in [-0.3, -0.25) is 0 Å². The minimum atomic E-state index is -1.06. The van der Waals surface area contributed by atoms with Gasteiger partial charge in [-0.2, -0.15) is 0 Å². The summed E-state index contributed by atoms with van der Waals surface area (Å²) in [6, 6.07) is 5.02. The van der Waals surface area contributed by atoms with Crippen molar-refractivity contribution in [3.63, 3.8) is 0 Å². The van der Waals surface area contributed by atoms with Crippen LogP contribution in [-0.2, 0) is 0 Å². The van der Waals surface area contributed by atoms with Crippen molar-refractivity contribution in [2.75, 3.05) is 13.2 Å². The molecule has 0 atom stereocenters. The highest BCUT2D eigenvalue weighted by atomic mass is 16.4. The van der Waals surface area contributed by atoms with Crippen molar-refractivity contribution >= 4 is 11.9 Å². The summed E-state index contributed by atoms with van der Waals surface area (Å²) in [7, 11) is 0. The first kappa shape index (κ1) is 21.8. The smallest absolute Gasteiger partial charge is 0.335 e.